The number of benzene rings is 2. The largest absolute Gasteiger partial charge is 0.416 e. The molecule has 2 aromatic rings. The number of ketones is 1. The smallest absolute Gasteiger partial charge is 0.331 e. The van der Waals surface area contributed by atoms with Crippen LogP contribution in [0.1, 0.15) is 32.6 Å². The van der Waals surface area contributed by atoms with Gasteiger partial charge in [-0.2, -0.15) is 13.2 Å². The zero-order valence-corrected chi connectivity index (χ0v) is 17.2. The number of allylic oxidation sites excluding steroid dienone is 2. The van der Waals surface area contributed by atoms with Crippen molar-refractivity contribution in [2.24, 2.45) is 4.40 Å². The zero-order valence-electron chi connectivity index (χ0n) is 16.3. The molecule has 2 aromatic carbocycles. The normalized spacial score (nSPS) is 17.6. The van der Waals surface area contributed by atoms with Crippen molar-refractivity contribution >= 4 is 27.2 Å². The summed E-state index contributed by atoms with van der Waals surface area (Å²) in [4.78, 5) is 14.5. The summed E-state index contributed by atoms with van der Waals surface area (Å²) < 4.78 is 66.5. The van der Waals surface area contributed by atoms with E-state index in [2.05, 4.69) is 4.40 Å². The SMILES string of the molecule is Cc1cc(C(=O)c2ccc(C3=CC=CN4CCS(=O)(=O)N=C34)cc2)ccc1C(F)(F)F. The fourth-order valence-electron chi connectivity index (χ4n) is 3.53. The summed E-state index contributed by atoms with van der Waals surface area (Å²) in [6.45, 7) is 1.62. The number of alkyl halides is 3. The molecular formula is C22H17F3N2O3S. The van der Waals surface area contributed by atoms with E-state index in [0.717, 1.165) is 6.07 Å². The van der Waals surface area contributed by atoms with Crippen LogP contribution in [0.15, 0.2) is 65.2 Å². The minimum absolute atomic E-state index is 0.0225. The van der Waals surface area contributed by atoms with Crippen molar-refractivity contribution in [3.8, 4) is 0 Å². The minimum Gasteiger partial charge on any atom is -0.331 e. The highest BCUT2D eigenvalue weighted by Gasteiger charge is 2.32. The fraction of sp³-hybridized carbons (Fsp3) is 0.182. The van der Waals surface area contributed by atoms with Crippen LogP contribution in [0.25, 0.3) is 5.57 Å². The van der Waals surface area contributed by atoms with Gasteiger partial charge in [-0.25, -0.2) is 8.42 Å². The van der Waals surface area contributed by atoms with Crippen LogP contribution in [0.5, 0.6) is 0 Å². The van der Waals surface area contributed by atoms with E-state index in [1.54, 1.807) is 47.5 Å². The van der Waals surface area contributed by atoms with E-state index < -0.39 is 27.5 Å². The summed E-state index contributed by atoms with van der Waals surface area (Å²) in [5.41, 5.74) is 0.951. The van der Waals surface area contributed by atoms with Crippen LogP contribution >= 0.6 is 0 Å². The van der Waals surface area contributed by atoms with Gasteiger partial charge in [-0.1, -0.05) is 30.3 Å². The maximum Gasteiger partial charge on any atom is 0.416 e. The minimum atomic E-state index is -4.47. The molecule has 31 heavy (non-hydrogen) atoms. The first-order valence-corrected chi connectivity index (χ1v) is 11.0. The first kappa shape index (κ1) is 21.0. The number of sulfonamides is 1. The molecule has 0 saturated heterocycles. The molecule has 0 aliphatic carbocycles. The van der Waals surface area contributed by atoms with Crippen LogP contribution in [0.4, 0.5) is 13.2 Å². The second kappa shape index (κ2) is 7.49. The monoisotopic (exact) mass is 446 g/mol. The van der Waals surface area contributed by atoms with Gasteiger partial charge in [0.25, 0.3) is 10.0 Å². The van der Waals surface area contributed by atoms with E-state index in [1.807, 2.05) is 0 Å². The predicted molar refractivity (Wildman–Crippen MR) is 111 cm³/mol. The third-order valence-electron chi connectivity index (χ3n) is 5.11. The maximum atomic E-state index is 12.9. The fourth-order valence-corrected chi connectivity index (χ4v) is 4.52. The lowest BCUT2D eigenvalue weighted by atomic mass is 9.96. The Morgan fingerprint density at radius 2 is 1.74 bits per heavy atom. The van der Waals surface area contributed by atoms with Crippen LogP contribution in [0.3, 0.4) is 0 Å². The average Bonchev–Trinajstić information content (AvgIpc) is 2.71. The Balaban J connectivity index is 1.62. The van der Waals surface area contributed by atoms with Crippen LogP contribution in [0.2, 0.25) is 0 Å². The van der Waals surface area contributed by atoms with Crippen molar-refractivity contribution in [2.75, 3.05) is 12.3 Å². The molecule has 2 heterocycles. The summed E-state index contributed by atoms with van der Waals surface area (Å²) >= 11 is 0. The molecule has 0 radical (unpaired) electrons. The molecule has 0 bridgehead atoms. The molecule has 2 aliphatic rings. The Bertz CT molecular complexity index is 1260. The lowest BCUT2D eigenvalue weighted by molar-refractivity contribution is -0.138. The topological polar surface area (TPSA) is 66.8 Å². The van der Waals surface area contributed by atoms with Gasteiger partial charge in [0.05, 0.1) is 11.3 Å². The van der Waals surface area contributed by atoms with E-state index in [1.165, 1.54) is 19.1 Å². The van der Waals surface area contributed by atoms with E-state index in [9.17, 15) is 26.4 Å². The van der Waals surface area contributed by atoms with Crippen molar-refractivity contribution in [3.63, 3.8) is 0 Å². The van der Waals surface area contributed by atoms with Gasteiger partial charge in [0.2, 0.25) is 0 Å². The van der Waals surface area contributed by atoms with Gasteiger partial charge in [-0.3, -0.25) is 4.79 Å². The molecule has 0 N–H and O–H groups in total. The second-order valence-corrected chi connectivity index (χ2v) is 9.00. The molecule has 4 rings (SSSR count). The molecule has 2 aliphatic heterocycles. The highest BCUT2D eigenvalue weighted by Crippen LogP contribution is 2.32. The third kappa shape index (κ3) is 4.18. The maximum absolute atomic E-state index is 12.9. The Kier molecular flexibility index (Phi) is 5.09. The number of fused-ring (bicyclic) bond motifs is 1. The van der Waals surface area contributed by atoms with Crippen LogP contribution in [0, 0.1) is 6.92 Å². The van der Waals surface area contributed by atoms with Crippen molar-refractivity contribution < 1.29 is 26.4 Å². The Hall–Kier alpha value is -3.20. The second-order valence-electron chi connectivity index (χ2n) is 7.25. The zero-order chi connectivity index (χ0) is 22.4. The molecule has 0 spiro atoms. The van der Waals surface area contributed by atoms with Crippen molar-refractivity contribution in [2.45, 2.75) is 13.1 Å². The van der Waals surface area contributed by atoms with E-state index in [4.69, 9.17) is 0 Å². The lowest BCUT2D eigenvalue weighted by Crippen LogP contribution is -2.37. The van der Waals surface area contributed by atoms with Gasteiger partial charge in [-0.05, 0) is 42.3 Å². The first-order valence-electron chi connectivity index (χ1n) is 9.36. The standard InChI is InChI=1S/C22H17F3N2O3S/c1-14-13-17(8-9-19(14)22(23,24)25)20(28)16-6-4-15(5-7-16)18-3-2-10-27-11-12-31(29,30)26-21(18)27/h2-10,13H,11-12H2,1H3. The molecule has 160 valence electrons. The molecule has 0 unspecified atom stereocenters. The number of rotatable bonds is 3. The number of carbonyl (C=O) groups excluding carboxylic acids is 1. The van der Waals surface area contributed by atoms with Gasteiger partial charge < -0.3 is 4.90 Å². The molecule has 0 fully saturated rings. The number of aryl methyl sites for hydroxylation is 1. The van der Waals surface area contributed by atoms with Crippen LogP contribution in [-0.4, -0.2) is 37.2 Å². The highest BCUT2D eigenvalue weighted by molar-refractivity contribution is 7.90. The van der Waals surface area contributed by atoms with Crippen LogP contribution in [-0.2, 0) is 16.2 Å². The number of nitrogens with zero attached hydrogens (tertiary/aromatic N) is 2. The van der Waals surface area contributed by atoms with E-state index in [0.29, 0.717) is 29.1 Å². The summed E-state index contributed by atoms with van der Waals surface area (Å²) in [5.74, 6) is -0.139. The molecule has 0 aromatic heterocycles. The average molecular weight is 446 g/mol. The lowest BCUT2D eigenvalue weighted by Gasteiger charge is -2.29. The predicted octanol–water partition coefficient (Wildman–Crippen LogP) is 4.20. The number of carbonyl (C=O) groups is 1. The van der Waals surface area contributed by atoms with E-state index >= 15 is 0 Å². The highest BCUT2D eigenvalue weighted by atomic mass is 32.2. The molecule has 0 atom stereocenters. The number of hydrogen-bond donors (Lipinski definition) is 0. The third-order valence-corrected chi connectivity index (χ3v) is 6.26. The first-order chi connectivity index (χ1) is 14.5. The van der Waals surface area contributed by atoms with Gasteiger partial charge >= 0.3 is 6.18 Å². The Morgan fingerprint density at radius 3 is 2.39 bits per heavy atom. The number of halogens is 3. The Labute approximate surface area is 177 Å². The van der Waals surface area contributed by atoms with Gasteiger partial charge in [0.1, 0.15) is 0 Å². The molecule has 9 heteroatoms. The van der Waals surface area contributed by atoms with E-state index in [-0.39, 0.29) is 16.9 Å². The quantitative estimate of drug-likeness (QED) is 0.663. The van der Waals surface area contributed by atoms with Gasteiger partial charge in [0, 0.05) is 29.4 Å². The summed E-state index contributed by atoms with van der Waals surface area (Å²) in [7, 11) is -3.53. The van der Waals surface area contributed by atoms with Crippen molar-refractivity contribution in [3.05, 3.63) is 88.6 Å². The summed E-state index contributed by atoms with van der Waals surface area (Å²) in [6.07, 6.45) is 0.809. The van der Waals surface area contributed by atoms with Crippen LogP contribution < -0.4 is 0 Å². The number of amidine groups is 1. The molecular weight excluding hydrogens is 429 g/mol. The molecule has 0 amide bonds. The van der Waals surface area contributed by atoms with Crippen molar-refractivity contribution in [1.82, 2.24) is 4.90 Å². The summed E-state index contributed by atoms with van der Waals surface area (Å²) in [5, 5.41) is 0. The molecule has 5 nitrogen and oxygen atoms in total. The van der Waals surface area contributed by atoms with Gasteiger partial charge in [0.15, 0.2) is 11.6 Å². The van der Waals surface area contributed by atoms with Crippen molar-refractivity contribution in [1.29, 1.82) is 0 Å². The Morgan fingerprint density at radius 1 is 1.06 bits per heavy atom. The number of hydrogen-bond acceptors (Lipinski definition) is 4. The van der Waals surface area contributed by atoms with Gasteiger partial charge in [-0.15, -0.1) is 4.40 Å². The molecule has 0 saturated carbocycles. The summed E-state index contributed by atoms with van der Waals surface area (Å²) in [6, 6.07) is 9.76.